The van der Waals surface area contributed by atoms with E-state index in [0.717, 1.165) is 5.56 Å². The van der Waals surface area contributed by atoms with Crippen molar-refractivity contribution in [1.29, 1.82) is 0 Å². The summed E-state index contributed by atoms with van der Waals surface area (Å²) in [7, 11) is 1.56. The molecule has 19 heavy (non-hydrogen) atoms. The third kappa shape index (κ3) is 7.00. The van der Waals surface area contributed by atoms with Crippen molar-refractivity contribution in [2.24, 2.45) is 0 Å². The van der Waals surface area contributed by atoms with Crippen molar-refractivity contribution >= 4 is 17.9 Å². The molecular formula is C14H18N2O3. The molecule has 0 aliphatic heterocycles. The van der Waals surface area contributed by atoms with E-state index < -0.39 is 0 Å². The number of rotatable bonds is 7. The monoisotopic (exact) mass is 262 g/mol. The molecule has 0 saturated carbocycles. The fourth-order valence-electron chi connectivity index (χ4n) is 1.32. The van der Waals surface area contributed by atoms with Crippen LogP contribution < -0.4 is 10.6 Å². The lowest BCUT2D eigenvalue weighted by Gasteiger charge is -2.04. The number of hydrogen-bond donors (Lipinski definition) is 2. The first-order valence-electron chi connectivity index (χ1n) is 5.99. The lowest BCUT2D eigenvalue weighted by molar-refractivity contribution is -0.124. The van der Waals surface area contributed by atoms with Gasteiger partial charge in [0.05, 0.1) is 13.2 Å². The van der Waals surface area contributed by atoms with E-state index in [9.17, 15) is 9.59 Å². The standard InChI is InChI=1S/C14H18N2O3/c1-19-10-9-15-14(18)11-16-13(17)8-7-12-5-3-2-4-6-12/h2-8H,9-11H2,1H3,(H,15,18)(H,16,17). The molecule has 0 fully saturated rings. The first-order chi connectivity index (χ1) is 9.22. The minimum absolute atomic E-state index is 0.0400. The zero-order valence-corrected chi connectivity index (χ0v) is 10.9. The Kier molecular flexibility index (Phi) is 6.97. The molecule has 0 bridgehead atoms. The van der Waals surface area contributed by atoms with Crippen LogP contribution in [-0.2, 0) is 14.3 Å². The molecule has 0 radical (unpaired) electrons. The summed E-state index contributed by atoms with van der Waals surface area (Å²) in [5.41, 5.74) is 0.933. The van der Waals surface area contributed by atoms with Crippen LogP contribution in [0.3, 0.4) is 0 Å². The topological polar surface area (TPSA) is 67.4 Å². The molecule has 2 N–H and O–H groups in total. The van der Waals surface area contributed by atoms with Crippen LogP contribution in [0.5, 0.6) is 0 Å². The summed E-state index contributed by atoms with van der Waals surface area (Å²) in [5.74, 6) is -0.538. The van der Waals surface area contributed by atoms with E-state index in [0.29, 0.717) is 13.2 Å². The Morgan fingerprint density at radius 2 is 1.95 bits per heavy atom. The summed E-state index contributed by atoms with van der Waals surface area (Å²) in [6, 6.07) is 9.46. The van der Waals surface area contributed by atoms with Crippen molar-refractivity contribution < 1.29 is 14.3 Å². The number of carbonyl (C=O) groups is 2. The summed E-state index contributed by atoms with van der Waals surface area (Å²) in [6.07, 6.45) is 3.09. The van der Waals surface area contributed by atoms with Crippen LogP contribution in [0.4, 0.5) is 0 Å². The Labute approximate surface area is 112 Å². The van der Waals surface area contributed by atoms with Crippen LogP contribution in [0, 0.1) is 0 Å². The number of carbonyl (C=O) groups excluding carboxylic acids is 2. The Balaban J connectivity index is 2.24. The second kappa shape index (κ2) is 8.88. The second-order valence-electron chi connectivity index (χ2n) is 3.80. The van der Waals surface area contributed by atoms with Gasteiger partial charge in [-0.25, -0.2) is 0 Å². The lowest BCUT2D eigenvalue weighted by atomic mass is 10.2. The van der Waals surface area contributed by atoms with Crippen LogP contribution in [0.2, 0.25) is 0 Å². The van der Waals surface area contributed by atoms with Gasteiger partial charge in [0.1, 0.15) is 0 Å². The Bertz CT molecular complexity index is 430. The van der Waals surface area contributed by atoms with Crippen LogP contribution in [0.25, 0.3) is 6.08 Å². The molecule has 0 aliphatic rings. The molecular weight excluding hydrogens is 244 g/mol. The van der Waals surface area contributed by atoms with Crippen molar-refractivity contribution in [2.75, 3.05) is 26.8 Å². The Morgan fingerprint density at radius 1 is 1.21 bits per heavy atom. The van der Waals surface area contributed by atoms with Gasteiger partial charge in [-0.1, -0.05) is 30.3 Å². The van der Waals surface area contributed by atoms with E-state index in [1.165, 1.54) is 6.08 Å². The minimum atomic E-state index is -0.300. The highest BCUT2D eigenvalue weighted by Crippen LogP contribution is 2.00. The molecule has 5 nitrogen and oxygen atoms in total. The molecule has 1 aromatic rings. The van der Waals surface area contributed by atoms with Crippen LogP contribution in [0.15, 0.2) is 36.4 Å². The quantitative estimate of drug-likeness (QED) is 0.558. The largest absolute Gasteiger partial charge is 0.383 e. The molecule has 0 saturated heterocycles. The lowest BCUT2D eigenvalue weighted by Crippen LogP contribution is -2.37. The summed E-state index contributed by atoms with van der Waals surface area (Å²) < 4.78 is 4.79. The van der Waals surface area contributed by atoms with Crippen molar-refractivity contribution in [2.45, 2.75) is 0 Å². The van der Waals surface area contributed by atoms with Crippen LogP contribution in [0.1, 0.15) is 5.56 Å². The average molecular weight is 262 g/mol. The fraction of sp³-hybridized carbons (Fsp3) is 0.286. The van der Waals surface area contributed by atoms with Crippen molar-refractivity contribution in [1.82, 2.24) is 10.6 Å². The normalized spacial score (nSPS) is 10.4. The van der Waals surface area contributed by atoms with Crippen molar-refractivity contribution in [3.63, 3.8) is 0 Å². The van der Waals surface area contributed by atoms with E-state index in [4.69, 9.17) is 4.74 Å². The van der Waals surface area contributed by atoms with E-state index in [1.54, 1.807) is 13.2 Å². The Morgan fingerprint density at radius 3 is 2.63 bits per heavy atom. The van der Waals surface area contributed by atoms with E-state index in [-0.39, 0.29) is 18.4 Å². The van der Waals surface area contributed by atoms with Gasteiger partial charge in [0.25, 0.3) is 0 Å². The highest BCUT2D eigenvalue weighted by atomic mass is 16.5. The average Bonchev–Trinajstić information content (AvgIpc) is 2.44. The van der Waals surface area contributed by atoms with Gasteiger partial charge in [-0.05, 0) is 11.6 Å². The SMILES string of the molecule is COCCNC(=O)CNC(=O)C=Cc1ccccc1. The van der Waals surface area contributed by atoms with Crippen LogP contribution in [-0.4, -0.2) is 38.6 Å². The van der Waals surface area contributed by atoms with E-state index >= 15 is 0 Å². The van der Waals surface area contributed by atoms with Gasteiger partial charge in [0.2, 0.25) is 11.8 Å². The van der Waals surface area contributed by atoms with Crippen molar-refractivity contribution in [3.8, 4) is 0 Å². The fourth-order valence-corrected chi connectivity index (χ4v) is 1.32. The van der Waals surface area contributed by atoms with Gasteiger partial charge in [-0.15, -0.1) is 0 Å². The first kappa shape index (κ1) is 14.9. The van der Waals surface area contributed by atoms with Gasteiger partial charge in [0.15, 0.2) is 0 Å². The number of amides is 2. The number of ether oxygens (including phenoxy) is 1. The summed E-state index contributed by atoms with van der Waals surface area (Å²) in [6.45, 7) is 0.848. The zero-order valence-electron chi connectivity index (χ0n) is 10.9. The van der Waals surface area contributed by atoms with Gasteiger partial charge < -0.3 is 15.4 Å². The molecule has 2 amide bonds. The maximum Gasteiger partial charge on any atom is 0.244 e. The molecule has 0 unspecified atom stereocenters. The molecule has 102 valence electrons. The first-order valence-corrected chi connectivity index (χ1v) is 5.99. The van der Waals surface area contributed by atoms with Gasteiger partial charge in [-0.3, -0.25) is 9.59 Å². The molecule has 0 aromatic heterocycles. The summed E-state index contributed by atoms with van der Waals surface area (Å²) in [5, 5.41) is 5.11. The predicted octanol–water partition coefficient (Wildman–Crippen LogP) is 0.579. The van der Waals surface area contributed by atoms with E-state index in [2.05, 4.69) is 10.6 Å². The highest BCUT2D eigenvalue weighted by molar-refractivity contribution is 5.94. The number of hydrogen-bond acceptors (Lipinski definition) is 3. The van der Waals surface area contributed by atoms with Gasteiger partial charge >= 0.3 is 0 Å². The summed E-state index contributed by atoms with van der Waals surface area (Å²) in [4.78, 5) is 22.7. The van der Waals surface area contributed by atoms with Crippen molar-refractivity contribution in [3.05, 3.63) is 42.0 Å². The van der Waals surface area contributed by atoms with Crippen LogP contribution >= 0.6 is 0 Å². The third-order valence-corrected chi connectivity index (χ3v) is 2.28. The molecule has 0 spiro atoms. The maximum atomic E-state index is 11.4. The number of nitrogens with one attached hydrogen (secondary N) is 2. The van der Waals surface area contributed by atoms with Gasteiger partial charge in [-0.2, -0.15) is 0 Å². The minimum Gasteiger partial charge on any atom is -0.383 e. The molecule has 1 aromatic carbocycles. The zero-order chi connectivity index (χ0) is 13.9. The second-order valence-corrected chi connectivity index (χ2v) is 3.80. The summed E-state index contributed by atoms with van der Waals surface area (Å²) >= 11 is 0. The third-order valence-electron chi connectivity index (χ3n) is 2.28. The number of methoxy groups -OCH3 is 1. The molecule has 1 rings (SSSR count). The number of benzene rings is 1. The predicted molar refractivity (Wildman–Crippen MR) is 73.4 cm³/mol. The molecule has 0 aliphatic carbocycles. The molecule has 0 heterocycles. The molecule has 0 atom stereocenters. The smallest absolute Gasteiger partial charge is 0.244 e. The maximum absolute atomic E-state index is 11.4. The molecule has 5 heteroatoms. The van der Waals surface area contributed by atoms with E-state index in [1.807, 2.05) is 30.3 Å². The van der Waals surface area contributed by atoms with Gasteiger partial charge in [0, 0.05) is 19.7 Å². The Hall–Kier alpha value is -2.14. The highest BCUT2D eigenvalue weighted by Gasteiger charge is 2.01.